The zero-order chi connectivity index (χ0) is 12.3. The molecule has 0 bridgehead atoms. The second-order valence-electron chi connectivity index (χ2n) is 4.28. The van der Waals surface area contributed by atoms with Gasteiger partial charge in [0.2, 0.25) is 5.89 Å². The highest BCUT2D eigenvalue weighted by molar-refractivity contribution is 4.98. The van der Waals surface area contributed by atoms with E-state index < -0.39 is 0 Å². The summed E-state index contributed by atoms with van der Waals surface area (Å²) in [6, 6.07) is 0.323. The minimum absolute atomic E-state index is 0.131. The molecule has 5 nitrogen and oxygen atoms in total. The Balaban J connectivity index is 1.77. The van der Waals surface area contributed by atoms with Crippen molar-refractivity contribution in [2.75, 3.05) is 13.7 Å². The quantitative estimate of drug-likeness (QED) is 0.811. The molecule has 0 aromatic carbocycles. The van der Waals surface area contributed by atoms with Crippen molar-refractivity contribution in [2.24, 2.45) is 0 Å². The summed E-state index contributed by atoms with van der Waals surface area (Å²) in [6.07, 6.45) is 3.06. The lowest BCUT2D eigenvalue weighted by Gasteiger charge is -2.43. The van der Waals surface area contributed by atoms with Crippen LogP contribution in [0.1, 0.15) is 25.0 Å². The minimum Gasteiger partial charge on any atom is -0.445 e. The third kappa shape index (κ3) is 2.86. The summed E-state index contributed by atoms with van der Waals surface area (Å²) in [5.41, 5.74) is 0. The molecule has 1 saturated carbocycles. The molecule has 3 atom stereocenters. The molecule has 96 valence electrons. The van der Waals surface area contributed by atoms with Gasteiger partial charge < -0.3 is 19.2 Å². The van der Waals surface area contributed by atoms with Crippen molar-refractivity contribution >= 4 is 0 Å². The molecule has 0 radical (unpaired) electrons. The number of nitrogens with one attached hydrogen (secondary N) is 1. The van der Waals surface area contributed by atoms with Gasteiger partial charge in [0.05, 0.1) is 24.9 Å². The van der Waals surface area contributed by atoms with Gasteiger partial charge in [-0.1, -0.05) is 0 Å². The average molecular weight is 240 g/mol. The molecule has 1 aliphatic carbocycles. The first kappa shape index (κ1) is 12.5. The zero-order valence-electron chi connectivity index (χ0n) is 10.6. The highest BCUT2D eigenvalue weighted by Crippen LogP contribution is 2.27. The van der Waals surface area contributed by atoms with Gasteiger partial charge in [0.25, 0.3) is 0 Å². The van der Waals surface area contributed by atoms with Crippen LogP contribution in [-0.4, -0.2) is 37.0 Å². The molecule has 3 unspecified atom stereocenters. The summed E-state index contributed by atoms with van der Waals surface area (Å²) in [6.45, 7) is 5.26. The van der Waals surface area contributed by atoms with E-state index in [1.807, 2.05) is 13.8 Å². The first-order chi connectivity index (χ1) is 8.24. The highest BCUT2D eigenvalue weighted by atomic mass is 16.5. The standard InChI is InChI=1S/C12H20N2O3/c1-4-16-10-5-9(12(10)15-3)13-7-11-14-6-8(2)17-11/h6,9-10,12-13H,4-5,7H2,1-3H3. The zero-order valence-corrected chi connectivity index (χ0v) is 10.6. The molecule has 17 heavy (non-hydrogen) atoms. The topological polar surface area (TPSA) is 56.5 Å². The van der Waals surface area contributed by atoms with Crippen molar-refractivity contribution in [3.05, 3.63) is 17.8 Å². The number of oxazole rings is 1. The molecule has 0 spiro atoms. The van der Waals surface area contributed by atoms with Gasteiger partial charge in [-0.2, -0.15) is 0 Å². The van der Waals surface area contributed by atoms with Crippen LogP contribution in [0, 0.1) is 6.92 Å². The van der Waals surface area contributed by atoms with Crippen LogP contribution in [0.25, 0.3) is 0 Å². The molecule has 2 rings (SSSR count). The second-order valence-corrected chi connectivity index (χ2v) is 4.28. The number of hydrogen-bond acceptors (Lipinski definition) is 5. The minimum atomic E-state index is 0.131. The van der Waals surface area contributed by atoms with Crippen molar-refractivity contribution < 1.29 is 13.9 Å². The molecule has 1 fully saturated rings. The largest absolute Gasteiger partial charge is 0.445 e. The lowest BCUT2D eigenvalue weighted by atomic mass is 9.85. The number of methoxy groups -OCH3 is 1. The fourth-order valence-corrected chi connectivity index (χ4v) is 2.18. The first-order valence-electron chi connectivity index (χ1n) is 6.03. The van der Waals surface area contributed by atoms with Gasteiger partial charge in [0.1, 0.15) is 5.76 Å². The summed E-state index contributed by atoms with van der Waals surface area (Å²) >= 11 is 0. The van der Waals surface area contributed by atoms with E-state index in [1.165, 1.54) is 0 Å². The fraction of sp³-hybridized carbons (Fsp3) is 0.750. The maximum atomic E-state index is 5.56. The van der Waals surface area contributed by atoms with Crippen LogP contribution in [0.2, 0.25) is 0 Å². The lowest BCUT2D eigenvalue weighted by molar-refractivity contribution is -0.131. The Morgan fingerprint density at radius 1 is 1.59 bits per heavy atom. The number of nitrogens with zero attached hydrogens (tertiary/aromatic N) is 1. The first-order valence-corrected chi connectivity index (χ1v) is 6.03. The molecule has 1 aromatic rings. The number of ether oxygens (including phenoxy) is 2. The monoisotopic (exact) mass is 240 g/mol. The number of rotatable bonds is 6. The molecule has 0 amide bonds. The predicted octanol–water partition coefficient (Wildman–Crippen LogP) is 1.27. The van der Waals surface area contributed by atoms with Gasteiger partial charge in [-0.05, 0) is 20.3 Å². The maximum absolute atomic E-state index is 5.56. The number of hydrogen-bond donors (Lipinski definition) is 1. The van der Waals surface area contributed by atoms with Gasteiger partial charge in [-0.25, -0.2) is 4.98 Å². The maximum Gasteiger partial charge on any atom is 0.208 e. The van der Waals surface area contributed by atoms with Crippen LogP contribution in [-0.2, 0) is 16.0 Å². The Hall–Kier alpha value is -0.910. The molecular formula is C12H20N2O3. The Labute approximate surface area is 102 Å². The summed E-state index contributed by atoms with van der Waals surface area (Å²) in [5, 5.41) is 3.38. The summed E-state index contributed by atoms with van der Waals surface area (Å²) in [5.74, 6) is 1.56. The molecule has 1 N–H and O–H groups in total. The second kappa shape index (κ2) is 5.62. The highest BCUT2D eigenvalue weighted by Gasteiger charge is 2.41. The molecule has 1 aliphatic rings. The molecule has 5 heteroatoms. The Morgan fingerprint density at radius 2 is 2.41 bits per heavy atom. The normalized spacial score (nSPS) is 28.1. The summed E-state index contributed by atoms with van der Waals surface area (Å²) in [4.78, 5) is 4.15. The van der Waals surface area contributed by atoms with E-state index in [2.05, 4.69) is 10.3 Å². The lowest BCUT2D eigenvalue weighted by Crippen LogP contribution is -2.59. The predicted molar refractivity (Wildman–Crippen MR) is 62.7 cm³/mol. The van der Waals surface area contributed by atoms with E-state index >= 15 is 0 Å². The smallest absolute Gasteiger partial charge is 0.208 e. The van der Waals surface area contributed by atoms with Crippen LogP contribution in [0.15, 0.2) is 10.6 Å². The molecule has 1 aromatic heterocycles. The Bertz CT molecular complexity index is 353. The summed E-state index contributed by atoms with van der Waals surface area (Å²) < 4.78 is 16.4. The van der Waals surface area contributed by atoms with Crippen LogP contribution in [0.5, 0.6) is 0 Å². The third-order valence-corrected chi connectivity index (χ3v) is 3.09. The van der Waals surface area contributed by atoms with Crippen LogP contribution >= 0.6 is 0 Å². The van der Waals surface area contributed by atoms with Gasteiger partial charge in [-0.3, -0.25) is 0 Å². The average Bonchev–Trinajstić information content (AvgIpc) is 2.69. The van der Waals surface area contributed by atoms with Gasteiger partial charge in [0.15, 0.2) is 0 Å². The van der Waals surface area contributed by atoms with Gasteiger partial charge in [-0.15, -0.1) is 0 Å². The fourth-order valence-electron chi connectivity index (χ4n) is 2.18. The van der Waals surface area contributed by atoms with Crippen LogP contribution in [0.3, 0.4) is 0 Å². The van der Waals surface area contributed by atoms with E-state index in [-0.39, 0.29) is 12.2 Å². The van der Waals surface area contributed by atoms with Gasteiger partial charge >= 0.3 is 0 Å². The van der Waals surface area contributed by atoms with E-state index in [0.29, 0.717) is 12.6 Å². The molecular weight excluding hydrogens is 220 g/mol. The van der Waals surface area contributed by atoms with Crippen molar-refractivity contribution in [3.63, 3.8) is 0 Å². The molecule has 0 saturated heterocycles. The van der Waals surface area contributed by atoms with E-state index in [4.69, 9.17) is 13.9 Å². The Kier molecular flexibility index (Phi) is 4.15. The third-order valence-electron chi connectivity index (χ3n) is 3.09. The van der Waals surface area contributed by atoms with E-state index in [9.17, 15) is 0 Å². The molecule has 1 heterocycles. The van der Waals surface area contributed by atoms with E-state index in [1.54, 1.807) is 13.3 Å². The van der Waals surface area contributed by atoms with Gasteiger partial charge in [0, 0.05) is 19.8 Å². The SMILES string of the molecule is CCOC1CC(NCc2ncc(C)o2)C1OC. The van der Waals surface area contributed by atoms with Crippen molar-refractivity contribution in [1.82, 2.24) is 10.3 Å². The van der Waals surface area contributed by atoms with Crippen LogP contribution < -0.4 is 5.32 Å². The van der Waals surface area contributed by atoms with Crippen molar-refractivity contribution in [3.8, 4) is 0 Å². The number of aryl methyl sites for hydroxylation is 1. The van der Waals surface area contributed by atoms with E-state index in [0.717, 1.165) is 24.7 Å². The molecule has 0 aliphatic heterocycles. The van der Waals surface area contributed by atoms with Crippen molar-refractivity contribution in [1.29, 1.82) is 0 Å². The van der Waals surface area contributed by atoms with Crippen molar-refractivity contribution in [2.45, 2.75) is 45.1 Å². The Morgan fingerprint density at radius 3 is 3.00 bits per heavy atom. The summed E-state index contributed by atoms with van der Waals surface area (Å²) in [7, 11) is 1.72. The van der Waals surface area contributed by atoms with Crippen LogP contribution in [0.4, 0.5) is 0 Å². The number of aromatic nitrogens is 1.